The van der Waals surface area contributed by atoms with E-state index in [1.165, 1.54) is 0 Å². The van der Waals surface area contributed by atoms with Crippen molar-refractivity contribution in [3.8, 4) is 17.1 Å². The first-order chi connectivity index (χ1) is 23.6. The molecule has 9 aromatic rings. The molecule has 0 saturated carbocycles. The minimum atomic E-state index is -0.154. The van der Waals surface area contributed by atoms with Crippen LogP contribution in [0.25, 0.3) is 78.6 Å². The molecule has 5 aromatic heterocycles. The summed E-state index contributed by atoms with van der Waals surface area (Å²) in [4.78, 5) is 38.4. The molecule has 0 radical (unpaired) electrons. The molecule has 8 bridgehead atoms. The maximum Gasteiger partial charge on any atom is 2.00 e. The number of aliphatic hydroxyl groups excluding tert-OH is 1. The van der Waals surface area contributed by atoms with Gasteiger partial charge < -0.3 is 39.7 Å². The monoisotopic (exact) mass is 686 g/mol. The van der Waals surface area contributed by atoms with E-state index < -0.39 is 0 Å². The van der Waals surface area contributed by atoms with Gasteiger partial charge in [0.15, 0.2) is 23.1 Å². The largest absolute Gasteiger partial charge is 2.00 e. The van der Waals surface area contributed by atoms with E-state index >= 15 is 0 Å². The van der Waals surface area contributed by atoms with Crippen molar-refractivity contribution in [1.82, 2.24) is 59.4 Å². The number of aliphatic hydroxyl groups is 1. The van der Waals surface area contributed by atoms with E-state index in [2.05, 4.69) is 0 Å². The fraction of sp³-hybridized carbons (Fsp3) is 0.0588. The maximum absolute atomic E-state index is 9.93. The second kappa shape index (κ2) is 12.1. The number of fused-ring (bicyclic) bond motifs is 14. The molecule has 9 rings (SSSR count). The zero-order chi connectivity index (χ0) is 32.2. The van der Waals surface area contributed by atoms with Crippen molar-refractivity contribution in [2.75, 3.05) is 7.11 Å². The number of hydrogen-bond donors (Lipinski definition) is 1. The minimum Gasteiger partial charge on any atom is -0.497 e. The van der Waals surface area contributed by atoms with Gasteiger partial charge in [0.05, 0.1) is 25.1 Å². The quantitative estimate of drug-likeness (QED) is 0.259. The first-order valence-corrected chi connectivity index (χ1v) is 14.9. The molecule has 0 amide bonds. The molecule has 49 heavy (non-hydrogen) atoms. The molecule has 5 heterocycles. The summed E-state index contributed by atoms with van der Waals surface area (Å²) in [6.07, 6.45) is 0. The van der Waals surface area contributed by atoms with Crippen LogP contribution in [0.4, 0.5) is 0 Å². The molecule has 0 atom stereocenters. The van der Waals surface area contributed by atoms with E-state index in [1.807, 2.05) is 97.1 Å². The molecule has 15 heteroatoms. The van der Waals surface area contributed by atoms with Crippen LogP contribution < -0.4 is 14.7 Å². The van der Waals surface area contributed by atoms with E-state index in [4.69, 9.17) is 54.8 Å². The average molecular weight is 686 g/mol. The van der Waals surface area contributed by atoms with Crippen molar-refractivity contribution in [3.63, 3.8) is 0 Å². The summed E-state index contributed by atoms with van der Waals surface area (Å²) < 4.78 is 8.72. The predicted molar refractivity (Wildman–Crippen MR) is 178 cm³/mol. The van der Waals surface area contributed by atoms with Gasteiger partial charge in [-0.05, 0) is 75.6 Å². The molecule has 0 fully saturated rings. The van der Waals surface area contributed by atoms with Gasteiger partial charge in [-0.3, -0.25) is 0 Å². The Labute approximate surface area is 286 Å². The van der Waals surface area contributed by atoms with E-state index in [0.717, 1.165) is 16.8 Å². The third-order valence-electron chi connectivity index (χ3n) is 7.86. The first-order valence-electron chi connectivity index (χ1n) is 14.9. The Morgan fingerprint density at radius 2 is 1.06 bits per heavy atom. The van der Waals surface area contributed by atoms with Crippen molar-refractivity contribution >= 4 is 67.2 Å². The summed E-state index contributed by atoms with van der Waals surface area (Å²) >= 11 is 0. The fourth-order valence-electron chi connectivity index (χ4n) is 5.57. The zero-order valence-corrected chi connectivity index (χ0v) is 26.6. The van der Waals surface area contributed by atoms with Gasteiger partial charge in [0.1, 0.15) is 5.75 Å². The van der Waals surface area contributed by atoms with Gasteiger partial charge in [0.2, 0.25) is 0 Å². The summed E-state index contributed by atoms with van der Waals surface area (Å²) in [6.45, 7) is -0.154. The summed E-state index contributed by atoms with van der Waals surface area (Å²) in [6, 6.07) is 30.1. The molecule has 0 spiro atoms. The summed E-state index contributed by atoms with van der Waals surface area (Å²) in [7, 11) is 1.60. The van der Waals surface area contributed by atoms with E-state index in [-0.39, 0.29) is 46.8 Å². The number of para-hydroxylation sites is 2. The molecule has 14 nitrogen and oxygen atoms in total. The molecule has 1 N–H and O–H groups in total. The molecule has 0 aliphatic carbocycles. The number of ether oxygens (including phenoxy) is 1. The second-order valence-corrected chi connectivity index (χ2v) is 10.8. The number of hydrogen-bond acceptors (Lipinski definition) is 10. The summed E-state index contributed by atoms with van der Waals surface area (Å²) in [5, 5.41) is 22.1. The zero-order valence-electron chi connectivity index (χ0n) is 25.5. The van der Waals surface area contributed by atoms with Crippen LogP contribution >= 0.6 is 0 Å². The Bertz CT molecular complexity index is 2580. The van der Waals surface area contributed by atoms with Crippen LogP contribution in [0.15, 0.2) is 97.1 Å². The minimum absolute atomic E-state index is 0. The van der Waals surface area contributed by atoms with Gasteiger partial charge in [-0.15, -0.1) is 10.2 Å². The Balaban J connectivity index is 0.00000348. The normalized spacial score (nSPS) is 11.4. The van der Waals surface area contributed by atoms with Gasteiger partial charge in [-0.1, -0.05) is 48.5 Å². The van der Waals surface area contributed by atoms with Crippen molar-refractivity contribution in [3.05, 3.63) is 103 Å². The number of methoxy groups -OCH3 is 1. The summed E-state index contributed by atoms with van der Waals surface area (Å²) in [5.41, 5.74) is 3.54. The fourth-order valence-corrected chi connectivity index (χ4v) is 5.57. The smallest absolute Gasteiger partial charge is 0.497 e. The van der Waals surface area contributed by atoms with Gasteiger partial charge in [-0.2, -0.15) is 0 Å². The van der Waals surface area contributed by atoms with Gasteiger partial charge >= 0.3 is 17.1 Å². The summed E-state index contributed by atoms with van der Waals surface area (Å²) in [5.74, 6) is 1.39. The van der Waals surface area contributed by atoms with Gasteiger partial charge in [-0.25, -0.2) is 19.3 Å². The van der Waals surface area contributed by atoms with Crippen LogP contribution in [0.1, 0.15) is 5.56 Å². The molecule has 238 valence electrons. The Morgan fingerprint density at radius 1 is 0.571 bits per heavy atom. The van der Waals surface area contributed by atoms with Gasteiger partial charge in [0.25, 0.3) is 0 Å². The topological polar surface area (TPSA) is 171 Å². The number of benzene rings is 4. The molecule has 0 aliphatic rings. The van der Waals surface area contributed by atoms with E-state index in [0.29, 0.717) is 50.1 Å². The first kappa shape index (κ1) is 30.1. The molecular formula is C34H22FeN12O2. The number of aromatic nitrogens is 12. The molecule has 0 saturated heterocycles. The van der Waals surface area contributed by atoms with Crippen LogP contribution in [0.3, 0.4) is 0 Å². The van der Waals surface area contributed by atoms with Crippen LogP contribution in [0, 0.1) is 0 Å². The van der Waals surface area contributed by atoms with Crippen molar-refractivity contribution < 1.29 is 26.9 Å². The Hall–Kier alpha value is -6.28. The van der Waals surface area contributed by atoms with Gasteiger partial charge in [0, 0.05) is 22.6 Å². The Kier molecular flexibility index (Phi) is 7.41. The Morgan fingerprint density at radius 3 is 1.57 bits per heavy atom. The SMILES string of the molecule is COc1ccc2c3nc4nc(nc5[n-]c(nc6nc(nc([n-]3)c2c1)nn6-c1ccccc1)c1ccc(CO)cc51)nn4-c1ccccc1.[Fe+2]. The molecule has 0 aliphatic heterocycles. The maximum atomic E-state index is 9.93. The number of nitrogens with zero attached hydrogens (tertiary/aromatic N) is 12. The van der Waals surface area contributed by atoms with Crippen molar-refractivity contribution in [1.29, 1.82) is 0 Å². The molecule has 4 aromatic carbocycles. The second-order valence-electron chi connectivity index (χ2n) is 10.8. The predicted octanol–water partition coefficient (Wildman–Crippen LogP) is 4.45. The number of rotatable bonds is 4. The third kappa shape index (κ3) is 5.27. The van der Waals surface area contributed by atoms with Crippen LogP contribution in [-0.2, 0) is 23.7 Å². The van der Waals surface area contributed by atoms with Crippen LogP contribution in [0.2, 0.25) is 0 Å². The molecule has 0 unspecified atom stereocenters. The van der Waals surface area contributed by atoms with E-state index in [9.17, 15) is 5.11 Å². The van der Waals surface area contributed by atoms with Crippen LogP contribution in [-0.4, -0.2) is 61.7 Å². The van der Waals surface area contributed by atoms with Crippen LogP contribution in [0.5, 0.6) is 5.75 Å². The standard InChI is InChI=1S/C34H22N12O2.Fe/c1-48-22-13-15-24-26(17-22)30-36-28(24)40-34-41-31(43-46(34)21-10-6-3-7-11-21)37-29-25-16-19(18-47)12-14-23(25)27(35-29)39-33-42-32(38-30)44-45(33)20-8-4-2-5-9-20;/h2-17,47H,18H2,1H3;/q-2;+2. The average Bonchev–Trinajstić information content (AvgIpc) is 3.89. The van der Waals surface area contributed by atoms with Crippen molar-refractivity contribution in [2.45, 2.75) is 6.61 Å². The van der Waals surface area contributed by atoms with Crippen molar-refractivity contribution in [2.24, 2.45) is 0 Å². The van der Waals surface area contributed by atoms with E-state index in [1.54, 1.807) is 16.5 Å². The third-order valence-corrected chi connectivity index (χ3v) is 7.86. The molecular weight excluding hydrogens is 664 g/mol.